The summed E-state index contributed by atoms with van der Waals surface area (Å²) in [6, 6.07) is 14.9. The second-order valence-electron chi connectivity index (χ2n) is 7.38. The number of urea groups is 1. The number of benzene rings is 2. The molecule has 32 heavy (non-hydrogen) atoms. The number of amides is 2. The van der Waals surface area contributed by atoms with Crippen LogP contribution in [0.2, 0.25) is 0 Å². The summed E-state index contributed by atoms with van der Waals surface area (Å²) in [7, 11) is 1.38. The molecule has 2 amide bonds. The number of hydrogen-bond acceptors (Lipinski definition) is 4. The van der Waals surface area contributed by atoms with E-state index >= 15 is 0 Å². The first-order valence-electron chi connectivity index (χ1n) is 11.6. The van der Waals surface area contributed by atoms with Gasteiger partial charge in [0.15, 0.2) is 0 Å². The molecule has 0 atom stereocenters. The van der Waals surface area contributed by atoms with Gasteiger partial charge in [0.25, 0.3) is 0 Å². The van der Waals surface area contributed by atoms with Crippen molar-refractivity contribution in [2.24, 2.45) is 0 Å². The third-order valence-corrected chi connectivity index (χ3v) is 5.64. The van der Waals surface area contributed by atoms with E-state index in [1.165, 1.54) is 7.11 Å². The van der Waals surface area contributed by atoms with Crippen LogP contribution < -0.4 is 10.1 Å². The van der Waals surface area contributed by atoms with E-state index in [2.05, 4.69) is 5.32 Å². The largest absolute Gasteiger partial charge is 0.487 e. The number of anilines is 1. The number of carbonyl (C=O) groups is 2. The number of nitrogens with one attached hydrogen (secondary N) is 1. The molecule has 2 aromatic carbocycles. The number of para-hydroxylation sites is 1. The zero-order valence-electron chi connectivity index (χ0n) is 19.9. The molecule has 0 unspecified atom stereocenters. The Morgan fingerprint density at radius 3 is 2.25 bits per heavy atom. The molecular formula is C26H36N2O4. The van der Waals surface area contributed by atoms with Crippen LogP contribution in [0.25, 0.3) is 0 Å². The second kappa shape index (κ2) is 12.1. The van der Waals surface area contributed by atoms with Gasteiger partial charge in [-0.2, -0.15) is 0 Å². The molecule has 2 aromatic rings. The number of aryl methyl sites for hydroxylation is 1. The number of carbonyl (C=O) groups excluding carboxylic acids is 2. The molecule has 0 radical (unpaired) electrons. The first-order valence-corrected chi connectivity index (χ1v) is 11.6. The molecule has 0 bridgehead atoms. The lowest BCUT2D eigenvalue weighted by Gasteiger charge is -2.44. The van der Waals surface area contributed by atoms with Gasteiger partial charge in [-0.3, -0.25) is 0 Å². The molecule has 6 nitrogen and oxygen atoms in total. The molecule has 2 aliphatic heterocycles. The Kier molecular flexibility index (Phi) is 9.57. The summed E-state index contributed by atoms with van der Waals surface area (Å²) >= 11 is 0. The number of hydrogen-bond donors (Lipinski definition) is 1. The van der Waals surface area contributed by atoms with Crippen LogP contribution in [0.1, 0.15) is 62.9 Å². The monoisotopic (exact) mass is 440 g/mol. The normalized spacial score (nSPS) is 15.6. The first kappa shape index (κ1) is 25.2. The minimum absolute atomic E-state index is 0.0695. The summed E-state index contributed by atoms with van der Waals surface area (Å²) in [5.41, 5.74) is 2.16. The number of methoxy groups -OCH3 is 1. The van der Waals surface area contributed by atoms with E-state index in [4.69, 9.17) is 9.47 Å². The van der Waals surface area contributed by atoms with Gasteiger partial charge in [0.05, 0.1) is 12.7 Å². The van der Waals surface area contributed by atoms with Crippen LogP contribution in [-0.4, -0.2) is 42.7 Å². The van der Waals surface area contributed by atoms with Crippen molar-refractivity contribution in [3.05, 3.63) is 59.7 Å². The minimum Gasteiger partial charge on any atom is -0.487 e. The highest BCUT2D eigenvalue weighted by Gasteiger charge is 2.40. The maximum Gasteiger partial charge on any atom is 0.337 e. The fraction of sp³-hybridized carbons (Fsp3) is 0.462. The molecule has 1 spiro atoms. The zero-order chi connectivity index (χ0) is 23.6. The lowest BCUT2D eigenvalue weighted by atomic mass is 9.83. The smallest absolute Gasteiger partial charge is 0.337 e. The maximum atomic E-state index is 12.5. The predicted molar refractivity (Wildman–Crippen MR) is 128 cm³/mol. The van der Waals surface area contributed by atoms with E-state index in [0.717, 1.165) is 42.7 Å². The topological polar surface area (TPSA) is 67.9 Å². The molecule has 0 aliphatic carbocycles. The Morgan fingerprint density at radius 1 is 0.969 bits per heavy atom. The first-order chi connectivity index (χ1) is 15.6. The van der Waals surface area contributed by atoms with Crippen LogP contribution in [0.4, 0.5) is 10.5 Å². The van der Waals surface area contributed by atoms with Gasteiger partial charge in [-0.1, -0.05) is 45.9 Å². The van der Waals surface area contributed by atoms with E-state index in [9.17, 15) is 9.59 Å². The van der Waals surface area contributed by atoms with Gasteiger partial charge >= 0.3 is 12.0 Å². The van der Waals surface area contributed by atoms with Gasteiger partial charge in [-0.25, -0.2) is 9.59 Å². The van der Waals surface area contributed by atoms with Crippen molar-refractivity contribution in [2.45, 2.75) is 59.0 Å². The fourth-order valence-corrected chi connectivity index (χ4v) is 3.96. The molecule has 0 saturated carbocycles. The van der Waals surface area contributed by atoms with E-state index in [0.29, 0.717) is 18.7 Å². The molecule has 4 rings (SSSR count). The van der Waals surface area contributed by atoms with Crippen LogP contribution in [0.5, 0.6) is 5.75 Å². The molecule has 2 heterocycles. The molecule has 2 aliphatic rings. The Hall–Kier alpha value is -3.02. The molecule has 1 fully saturated rings. The Morgan fingerprint density at radius 2 is 1.62 bits per heavy atom. The third-order valence-electron chi connectivity index (χ3n) is 5.64. The molecule has 1 N–H and O–H groups in total. The number of piperidine rings is 1. The van der Waals surface area contributed by atoms with Gasteiger partial charge in [-0.15, -0.1) is 0 Å². The summed E-state index contributed by atoms with van der Waals surface area (Å²) in [6.45, 7) is 9.32. The summed E-state index contributed by atoms with van der Waals surface area (Å²) in [5.74, 6) is 0.502. The molecule has 6 heteroatoms. The van der Waals surface area contributed by atoms with Crippen molar-refractivity contribution in [1.82, 2.24) is 4.90 Å². The number of ether oxygens (including phenoxy) is 2. The van der Waals surface area contributed by atoms with Crippen molar-refractivity contribution < 1.29 is 19.1 Å². The van der Waals surface area contributed by atoms with E-state index in [1.54, 1.807) is 6.07 Å². The highest BCUT2D eigenvalue weighted by Crippen LogP contribution is 2.39. The quantitative estimate of drug-likeness (QED) is 0.589. The van der Waals surface area contributed by atoms with Crippen molar-refractivity contribution >= 4 is 17.7 Å². The second-order valence-corrected chi connectivity index (χ2v) is 7.38. The Labute approximate surface area is 191 Å². The molecule has 0 aromatic heterocycles. The SMILES string of the molecule is CC.CC.COC(=O)c1ccc2c(c1)CCC1(CCN(C(=O)Nc3ccccc3)CC1)O2. The lowest BCUT2D eigenvalue weighted by molar-refractivity contribution is -0.00437. The summed E-state index contributed by atoms with van der Waals surface area (Å²) in [4.78, 5) is 26.1. The fourth-order valence-electron chi connectivity index (χ4n) is 3.96. The van der Waals surface area contributed by atoms with Crippen molar-refractivity contribution in [2.75, 3.05) is 25.5 Å². The predicted octanol–water partition coefficient (Wildman–Crippen LogP) is 5.92. The van der Waals surface area contributed by atoms with Crippen molar-refractivity contribution in [3.63, 3.8) is 0 Å². The summed E-state index contributed by atoms with van der Waals surface area (Å²) in [5, 5.41) is 2.94. The number of fused-ring (bicyclic) bond motifs is 1. The molecule has 1 saturated heterocycles. The van der Waals surface area contributed by atoms with Gasteiger partial charge in [-0.05, 0) is 48.7 Å². The van der Waals surface area contributed by atoms with Crippen molar-refractivity contribution in [1.29, 1.82) is 0 Å². The molecule has 174 valence electrons. The van der Waals surface area contributed by atoms with Gasteiger partial charge in [0.2, 0.25) is 0 Å². The van der Waals surface area contributed by atoms with E-state index < -0.39 is 0 Å². The van der Waals surface area contributed by atoms with Crippen LogP contribution in [0, 0.1) is 0 Å². The third kappa shape index (κ3) is 6.02. The van der Waals surface area contributed by atoms with E-state index in [1.807, 2.05) is 75.1 Å². The lowest BCUT2D eigenvalue weighted by Crippen LogP contribution is -2.52. The highest BCUT2D eigenvalue weighted by molar-refractivity contribution is 5.90. The maximum absolute atomic E-state index is 12.5. The van der Waals surface area contributed by atoms with Crippen LogP contribution in [0.3, 0.4) is 0 Å². The number of nitrogens with zero attached hydrogens (tertiary/aromatic N) is 1. The number of likely N-dealkylation sites (tertiary alicyclic amines) is 1. The Balaban J connectivity index is 0.000000860. The van der Waals surface area contributed by atoms with E-state index in [-0.39, 0.29) is 17.6 Å². The summed E-state index contributed by atoms with van der Waals surface area (Å²) < 4.78 is 11.2. The Bertz CT molecular complexity index is 875. The average Bonchev–Trinajstić information content (AvgIpc) is 2.86. The highest BCUT2D eigenvalue weighted by atomic mass is 16.5. The standard InChI is InChI=1S/C22H24N2O4.2C2H6/c1-27-20(25)17-7-8-19-16(15-17)9-10-22(28-19)11-13-24(14-12-22)21(26)23-18-5-3-2-4-6-18;2*1-2/h2-8,15H,9-14H2,1H3,(H,23,26);2*1-2H3. The van der Waals surface area contributed by atoms with Gasteiger partial charge in [0.1, 0.15) is 11.4 Å². The number of esters is 1. The van der Waals surface area contributed by atoms with Crippen LogP contribution in [-0.2, 0) is 11.2 Å². The zero-order valence-corrected chi connectivity index (χ0v) is 19.9. The van der Waals surface area contributed by atoms with Crippen LogP contribution in [0.15, 0.2) is 48.5 Å². The van der Waals surface area contributed by atoms with Gasteiger partial charge in [0, 0.05) is 31.6 Å². The van der Waals surface area contributed by atoms with Crippen LogP contribution >= 0.6 is 0 Å². The van der Waals surface area contributed by atoms with Crippen molar-refractivity contribution in [3.8, 4) is 5.75 Å². The van der Waals surface area contributed by atoms with Gasteiger partial charge < -0.3 is 19.7 Å². The minimum atomic E-state index is -0.333. The molecular weight excluding hydrogens is 404 g/mol. The average molecular weight is 441 g/mol. The summed E-state index contributed by atoms with van der Waals surface area (Å²) in [6.07, 6.45) is 3.34. The number of rotatable bonds is 2.